The van der Waals surface area contributed by atoms with Crippen LogP contribution in [0.3, 0.4) is 0 Å². The minimum atomic E-state index is 0.876. The number of aromatic nitrogens is 1. The van der Waals surface area contributed by atoms with Crippen LogP contribution >= 0.6 is 0 Å². The third kappa shape index (κ3) is 5.17. The van der Waals surface area contributed by atoms with Gasteiger partial charge in [-0.05, 0) is 65.1 Å². The van der Waals surface area contributed by atoms with E-state index in [0.717, 1.165) is 32.0 Å². The van der Waals surface area contributed by atoms with Crippen LogP contribution in [0.4, 0.5) is 5.82 Å². The van der Waals surface area contributed by atoms with Gasteiger partial charge >= 0.3 is 0 Å². The molecule has 0 unspecified atom stereocenters. The lowest BCUT2D eigenvalue weighted by Crippen LogP contribution is -2.28. The van der Waals surface area contributed by atoms with Crippen molar-refractivity contribution in [2.45, 2.75) is 26.8 Å². The van der Waals surface area contributed by atoms with Crippen molar-refractivity contribution in [1.29, 1.82) is 0 Å². The maximum atomic E-state index is 4.64. The van der Waals surface area contributed by atoms with Crippen molar-refractivity contribution in [1.82, 2.24) is 15.2 Å². The highest BCUT2D eigenvalue weighted by Gasteiger charge is 2.09. The molecule has 0 aliphatic heterocycles. The zero-order chi connectivity index (χ0) is 14.3. The number of anilines is 1. The van der Waals surface area contributed by atoms with Crippen LogP contribution in [0.25, 0.3) is 0 Å². The number of nitrogens with one attached hydrogen (secondary N) is 1. The van der Waals surface area contributed by atoms with Gasteiger partial charge in [0.15, 0.2) is 0 Å². The second-order valence-corrected chi connectivity index (χ2v) is 5.25. The summed E-state index contributed by atoms with van der Waals surface area (Å²) in [4.78, 5) is 9.23. The Labute approximate surface area is 117 Å². The van der Waals surface area contributed by atoms with E-state index in [1.165, 1.54) is 17.5 Å². The minimum absolute atomic E-state index is 0.876. The first-order chi connectivity index (χ1) is 9.08. The number of pyridine rings is 1. The molecule has 4 nitrogen and oxygen atoms in total. The molecule has 0 fully saturated rings. The molecule has 19 heavy (non-hydrogen) atoms. The molecular formula is C15H28N4. The first-order valence-electron chi connectivity index (χ1n) is 7.08. The molecule has 1 rings (SSSR count). The van der Waals surface area contributed by atoms with Crippen LogP contribution in [-0.4, -0.2) is 50.7 Å². The van der Waals surface area contributed by atoms with E-state index in [9.17, 15) is 0 Å². The highest BCUT2D eigenvalue weighted by Crippen LogP contribution is 2.18. The highest BCUT2D eigenvalue weighted by molar-refractivity contribution is 5.47. The number of rotatable bonds is 8. The van der Waals surface area contributed by atoms with Gasteiger partial charge in [0.05, 0.1) is 0 Å². The molecule has 0 aliphatic rings. The van der Waals surface area contributed by atoms with Crippen LogP contribution in [0.5, 0.6) is 0 Å². The van der Waals surface area contributed by atoms with Gasteiger partial charge in [0, 0.05) is 25.8 Å². The standard InChI is InChI=1S/C15H28N4/c1-6-19(9-7-8-18(4)5)15-13(2)10-14(11-16-3)12-17-15/h10,12,16H,6-9,11H2,1-5H3. The number of nitrogens with zero attached hydrogens (tertiary/aromatic N) is 3. The molecule has 0 saturated carbocycles. The Bertz CT molecular complexity index is 376. The Hall–Kier alpha value is -1.13. The summed E-state index contributed by atoms with van der Waals surface area (Å²) in [6.07, 6.45) is 3.15. The van der Waals surface area contributed by atoms with E-state index in [1.54, 1.807) is 0 Å². The molecule has 0 bridgehead atoms. The first-order valence-corrected chi connectivity index (χ1v) is 7.08. The normalized spacial score (nSPS) is 11.1. The van der Waals surface area contributed by atoms with Crippen molar-refractivity contribution >= 4 is 5.82 Å². The van der Waals surface area contributed by atoms with Gasteiger partial charge in [0.1, 0.15) is 5.82 Å². The molecule has 4 heteroatoms. The molecule has 1 heterocycles. The van der Waals surface area contributed by atoms with Crippen molar-refractivity contribution < 1.29 is 0 Å². The maximum absolute atomic E-state index is 4.64. The molecule has 0 radical (unpaired) electrons. The van der Waals surface area contributed by atoms with Crippen molar-refractivity contribution in [3.05, 3.63) is 23.4 Å². The van der Waals surface area contributed by atoms with E-state index in [0.29, 0.717) is 0 Å². The fraction of sp³-hybridized carbons (Fsp3) is 0.667. The highest BCUT2D eigenvalue weighted by atomic mass is 15.2. The summed E-state index contributed by atoms with van der Waals surface area (Å²) in [5.41, 5.74) is 2.51. The summed E-state index contributed by atoms with van der Waals surface area (Å²) < 4.78 is 0. The molecule has 1 aromatic rings. The van der Waals surface area contributed by atoms with Gasteiger partial charge < -0.3 is 15.1 Å². The molecule has 1 aromatic heterocycles. The number of hydrogen-bond acceptors (Lipinski definition) is 4. The van der Waals surface area contributed by atoms with Crippen molar-refractivity contribution in [2.24, 2.45) is 0 Å². The van der Waals surface area contributed by atoms with Gasteiger partial charge in [-0.1, -0.05) is 0 Å². The lowest BCUT2D eigenvalue weighted by Gasteiger charge is -2.24. The Morgan fingerprint density at radius 2 is 2.00 bits per heavy atom. The summed E-state index contributed by atoms with van der Waals surface area (Å²) in [5, 5.41) is 3.16. The van der Waals surface area contributed by atoms with Crippen molar-refractivity contribution in [3.63, 3.8) is 0 Å². The van der Waals surface area contributed by atoms with Crippen LogP contribution in [0.1, 0.15) is 24.5 Å². The predicted molar refractivity (Wildman–Crippen MR) is 82.8 cm³/mol. The molecule has 0 aliphatic carbocycles. The Morgan fingerprint density at radius 1 is 1.26 bits per heavy atom. The van der Waals surface area contributed by atoms with Gasteiger partial charge in [0.2, 0.25) is 0 Å². The smallest absolute Gasteiger partial charge is 0.131 e. The van der Waals surface area contributed by atoms with Crippen molar-refractivity contribution in [3.8, 4) is 0 Å². The average molecular weight is 264 g/mol. The minimum Gasteiger partial charge on any atom is -0.357 e. The van der Waals surface area contributed by atoms with Gasteiger partial charge in [-0.3, -0.25) is 0 Å². The molecule has 1 N–H and O–H groups in total. The largest absolute Gasteiger partial charge is 0.357 e. The Kier molecular flexibility index (Phi) is 6.81. The maximum Gasteiger partial charge on any atom is 0.131 e. The topological polar surface area (TPSA) is 31.4 Å². The zero-order valence-electron chi connectivity index (χ0n) is 13.0. The molecule has 0 amide bonds. The quantitative estimate of drug-likeness (QED) is 0.777. The molecular weight excluding hydrogens is 236 g/mol. The van der Waals surface area contributed by atoms with Gasteiger partial charge in [-0.15, -0.1) is 0 Å². The van der Waals surface area contributed by atoms with Crippen LogP contribution in [0.2, 0.25) is 0 Å². The summed E-state index contributed by atoms with van der Waals surface area (Å²) in [7, 11) is 6.20. The van der Waals surface area contributed by atoms with Crippen LogP contribution < -0.4 is 10.2 Å². The Balaban J connectivity index is 2.69. The fourth-order valence-electron chi connectivity index (χ4n) is 2.25. The van der Waals surface area contributed by atoms with Crippen molar-refractivity contribution in [2.75, 3.05) is 45.7 Å². The van der Waals surface area contributed by atoms with Gasteiger partial charge in [-0.2, -0.15) is 0 Å². The monoisotopic (exact) mass is 264 g/mol. The zero-order valence-corrected chi connectivity index (χ0v) is 13.0. The number of aryl methyl sites for hydroxylation is 1. The summed E-state index contributed by atoms with van der Waals surface area (Å²) >= 11 is 0. The van der Waals surface area contributed by atoms with E-state index >= 15 is 0 Å². The van der Waals surface area contributed by atoms with E-state index in [1.807, 2.05) is 13.2 Å². The van der Waals surface area contributed by atoms with Gasteiger partial charge in [-0.25, -0.2) is 4.98 Å². The van der Waals surface area contributed by atoms with E-state index in [2.05, 4.69) is 54.1 Å². The van der Waals surface area contributed by atoms with Crippen LogP contribution in [0, 0.1) is 6.92 Å². The molecule has 0 saturated heterocycles. The SMILES string of the molecule is CCN(CCCN(C)C)c1ncc(CNC)cc1C. The molecule has 0 spiro atoms. The molecule has 0 atom stereocenters. The second-order valence-electron chi connectivity index (χ2n) is 5.25. The van der Waals surface area contributed by atoms with E-state index in [4.69, 9.17) is 0 Å². The summed E-state index contributed by atoms with van der Waals surface area (Å²) in [6, 6.07) is 2.23. The van der Waals surface area contributed by atoms with E-state index < -0.39 is 0 Å². The lowest BCUT2D eigenvalue weighted by molar-refractivity contribution is 0.400. The number of hydrogen-bond donors (Lipinski definition) is 1. The predicted octanol–water partition coefficient (Wildman–Crippen LogP) is 1.89. The second kappa shape index (κ2) is 8.12. The lowest BCUT2D eigenvalue weighted by atomic mass is 10.2. The van der Waals surface area contributed by atoms with Crippen LogP contribution in [0.15, 0.2) is 12.3 Å². The van der Waals surface area contributed by atoms with Gasteiger partial charge in [0.25, 0.3) is 0 Å². The average Bonchev–Trinajstić information content (AvgIpc) is 2.36. The summed E-state index contributed by atoms with van der Waals surface area (Å²) in [6.45, 7) is 8.41. The molecule has 108 valence electrons. The van der Waals surface area contributed by atoms with Crippen LogP contribution in [-0.2, 0) is 6.54 Å². The first kappa shape index (κ1) is 15.9. The van der Waals surface area contributed by atoms with E-state index in [-0.39, 0.29) is 0 Å². The fourth-order valence-corrected chi connectivity index (χ4v) is 2.25. The summed E-state index contributed by atoms with van der Waals surface area (Å²) in [5.74, 6) is 1.13. The molecule has 0 aromatic carbocycles. The third-order valence-electron chi connectivity index (χ3n) is 3.20. The Morgan fingerprint density at radius 3 is 2.53 bits per heavy atom. The third-order valence-corrected chi connectivity index (χ3v) is 3.20.